The lowest BCUT2D eigenvalue weighted by Gasteiger charge is -2.24. The van der Waals surface area contributed by atoms with E-state index in [4.69, 9.17) is 9.73 Å². The Hall–Kier alpha value is -2.35. The van der Waals surface area contributed by atoms with E-state index in [0.717, 1.165) is 29.3 Å². The Kier molecular flexibility index (Phi) is 1.92. The molecule has 86 valence electrons. The minimum absolute atomic E-state index is 0.840. The summed E-state index contributed by atoms with van der Waals surface area (Å²) in [6.07, 6.45) is 3.02. The Labute approximate surface area is 105 Å². The highest BCUT2D eigenvalue weighted by Gasteiger charge is 2.24. The van der Waals surface area contributed by atoms with E-state index in [1.54, 1.807) is 0 Å². The van der Waals surface area contributed by atoms with Crippen molar-refractivity contribution in [2.24, 2.45) is 4.99 Å². The first-order chi connectivity index (χ1) is 8.92. The maximum Gasteiger partial charge on any atom is 0.153 e. The van der Waals surface area contributed by atoms with E-state index in [0.29, 0.717) is 0 Å². The van der Waals surface area contributed by atoms with Crippen LogP contribution < -0.4 is 4.74 Å². The van der Waals surface area contributed by atoms with E-state index in [9.17, 15) is 0 Å². The maximum absolute atomic E-state index is 5.92. The molecule has 2 aromatic rings. The van der Waals surface area contributed by atoms with Gasteiger partial charge in [-0.15, -0.1) is 0 Å². The van der Waals surface area contributed by atoms with E-state index in [1.165, 1.54) is 11.1 Å². The van der Waals surface area contributed by atoms with Gasteiger partial charge in [0.25, 0.3) is 0 Å². The third-order valence-electron chi connectivity index (χ3n) is 3.33. The summed E-state index contributed by atoms with van der Waals surface area (Å²) in [5, 5.41) is 0. The van der Waals surface area contributed by atoms with E-state index in [1.807, 2.05) is 30.3 Å². The number of benzene rings is 2. The van der Waals surface area contributed by atoms with Crippen LogP contribution in [0.4, 0.5) is 5.69 Å². The van der Waals surface area contributed by atoms with Gasteiger partial charge in [-0.05, 0) is 30.2 Å². The molecule has 2 aromatic carbocycles. The Morgan fingerprint density at radius 2 is 1.78 bits per heavy atom. The highest BCUT2D eigenvalue weighted by molar-refractivity contribution is 6.15. The van der Waals surface area contributed by atoms with Crippen LogP contribution in [0.25, 0.3) is 0 Å². The van der Waals surface area contributed by atoms with Crippen LogP contribution in [0.15, 0.2) is 65.4 Å². The lowest BCUT2D eigenvalue weighted by molar-refractivity contribution is 0.447. The van der Waals surface area contributed by atoms with Crippen molar-refractivity contribution in [3.05, 3.63) is 71.5 Å². The predicted octanol–water partition coefficient (Wildman–Crippen LogP) is 3.64. The summed E-state index contributed by atoms with van der Waals surface area (Å²) in [7, 11) is 0. The molecule has 2 aliphatic rings. The van der Waals surface area contributed by atoms with Gasteiger partial charge in [-0.2, -0.15) is 0 Å². The first-order valence-corrected chi connectivity index (χ1v) is 6.06. The molecule has 0 unspecified atom stereocenters. The van der Waals surface area contributed by atoms with Gasteiger partial charge in [0, 0.05) is 5.56 Å². The largest absolute Gasteiger partial charge is 0.453 e. The SMILES string of the molecule is C1=C2Oc3ccccc3N=C2c2ccccc2C1. The molecule has 0 atom stereocenters. The van der Waals surface area contributed by atoms with Crippen LogP contribution in [0.1, 0.15) is 11.1 Å². The Morgan fingerprint density at radius 1 is 0.944 bits per heavy atom. The summed E-state index contributed by atoms with van der Waals surface area (Å²) in [5.74, 6) is 1.72. The molecule has 2 heteroatoms. The van der Waals surface area contributed by atoms with Gasteiger partial charge in [-0.3, -0.25) is 0 Å². The van der Waals surface area contributed by atoms with E-state index >= 15 is 0 Å². The summed E-state index contributed by atoms with van der Waals surface area (Å²) >= 11 is 0. The van der Waals surface area contributed by atoms with Gasteiger partial charge in [0.15, 0.2) is 5.75 Å². The molecular weight excluding hydrogens is 222 g/mol. The highest BCUT2D eigenvalue weighted by atomic mass is 16.5. The molecule has 0 saturated heterocycles. The molecule has 0 N–H and O–H groups in total. The lowest BCUT2D eigenvalue weighted by Crippen LogP contribution is -2.19. The average molecular weight is 233 g/mol. The molecule has 18 heavy (non-hydrogen) atoms. The normalized spacial score (nSPS) is 15.6. The topological polar surface area (TPSA) is 21.6 Å². The molecule has 2 nitrogen and oxygen atoms in total. The van der Waals surface area contributed by atoms with Crippen LogP contribution in [0, 0.1) is 0 Å². The molecule has 0 saturated carbocycles. The van der Waals surface area contributed by atoms with Gasteiger partial charge in [0.1, 0.15) is 17.2 Å². The summed E-state index contributed by atoms with van der Waals surface area (Å²) in [4.78, 5) is 4.73. The van der Waals surface area contributed by atoms with Gasteiger partial charge in [0.05, 0.1) is 0 Å². The Bertz CT molecular complexity index is 692. The number of hydrogen-bond donors (Lipinski definition) is 0. The van der Waals surface area contributed by atoms with Gasteiger partial charge >= 0.3 is 0 Å². The number of aliphatic imine (C=N–C) groups is 1. The van der Waals surface area contributed by atoms with Crippen molar-refractivity contribution in [1.29, 1.82) is 0 Å². The Morgan fingerprint density at radius 3 is 2.78 bits per heavy atom. The smallest absolute Gasteiger partial charge is 0.153 e. The van der Waals surface area contributed by atoms with E-state index in [-0.39, 0.29) is 0 Å². The van der Waals surface area contributed by atoms with Crippen molar-refractivity contribution in [2.75, 3.05) is 0 Å². The zero-order valence-corrected chi connectivity index (χ0v) is 9.76. The van der Waals surface area contributed by atoms with Gasteiger partial charge in [-0.1, -0.05) is 36.4 Å². The van der Waals surface area contributed by atoms with E-state index < -0.39 is 0 Å². The second kappa shape index (κ2) is 3.57. The van der Waals surface area contributed by atoms with Crippen molar-refractivity contribution in [3.63, 3.8) is 0 Å². The molecule has 4 rings (SSSR count). The standard InChI is InChI=1S/C16H11NO/c1-2-6-12-11(5-1)9-10-15-16(12)17-13-7-3-4-8-14(13)18-15/h1-8,10H,9H2. The first kappa shape index (κ1) is 9.66. The maximum atomic E-state index is 5.92. The molecule has 0 amide bonds. The fourth-order valence-electron chi connectivity index (χ4n) is 2.44. The van der Waals surface area contributed by atoms with Crippen molar-refractivity contribution in [1.82, 2.24) is 0 Å². The van der Waals surface area contributed by atoms with Crippen molar-refractivity contribution in [3.8, 4) is 5.75 Å². The molecular formula is C16H11NO. The van der Waals surface area contributed by atoms with E-state index in [2.05, 4.69) is 24.3 Å². The third kappa shape index (κ3) is 1.32. The number of nitrogens with zero attached hydrogens (tertiary/aromatic N) is 1. The molecule has 0 bridgehead atoms. The van der Waals surface area contributed by atoms with Crippen LogP contribution in [-0.4, -0.2) is 5.71 Å². The molecule has 0 spiro atoms. The molecule has 0 fully saturated rings. The number of fused-ring (bicyclic) bond motifs is 4. The molecule has 0 aromatic heterocycles. The molecule has 1 heterocycles. The quantitative estimate of drug-likeness (QED) is 0.680. The van der Waals surface area contributed by atoms with Gasteiger partial charge in [0.2, 0.25) is 0 Å². The fraction of sp³-hybridized carbons (Fsp3) is 0.0625. The molecule has 1 aliphatic carbocycles. The first-order valence-electron chi connectivity index (χ1n) is 6.06. The minimum atomic E-state index is 0.840. The van der Waals surface area contributed by atoms with Crippen LogP contribution in [0.5, 0.6) is 5.75 Å². The second-order valence-corrected chi connectivity index (χ2v) is 4.46. The fourth-order valence-corrected chi connectivity index (χ4v) is 2.44. The van der Waals surface area contributed by atoms with Crippen molar-refractivity contribution >= 4 is 11.4 Å². The molecule has 1 aliphatic heterocycles. The van der Waals surface area contributed by atoms with Crippen LogP contribution in [-0.2, 0) is 6.42 Å². The van der Waals surface area contributed by atoms with Gasteiger partial charge < -0.3 is 4.74 Å². The van der Waals surface area contributed by atoms with Crippen LogP contribution in [0.2, 0.25) is 0 Å². The Balaban J connectivity index is 1.96. The van der Waals surface area contributed by atoms with Gasteiger partial charge in [-0.25, -0.2) is 4.99 Å². The second-order valence-electron chi connectivity index (χ2n) is 4.46. The number of allylic oxidation sites excluding steroid dienone is 2. The third-order valence-corrected chi connectivity index (χ3v) is 3.33. The average Bonchev–Trinajstić information content (AvgIpc) is 2.45. The predicted molar refractivity (Wildman–Crippen MR) is 71.5 cm³/mol. The number of ether oxygens (including phenoxy) is 1. The zero-order chi connectivity index (χ0) is 11.9. The summed E-state index contributed by atoms with van der Waals surface area (Å²) in [6, 6.07) is 16.3. The monoisotopic (exact) mass is 233 g/mol. The van der Waals surface area contributed by atoms with Crippen LogP contribution >= 0.6 is 0 Å². The zero-order valence-electron chi connectivity index (χ0n) is 9.76. The summed E-state index contributed by atoms with van der Waals surface area (Å²) in [5.41, 5.74) is 4.35. The highest BCUT2D eigenvalue weighted by Crippen LogP contribution is 2.36. The van der Waals surface area contributed by atoms with Crippen molar-refractivity contribution < 1.29 is 4.74 Å². The van der Waals surface area contributed by atoms with Crippen molar-refractivity contribution in [2.45, 2.75) is 6.42 Å². The number of para-hydroxylation sites is 2. The number of hydrogen-bond acceptors (Lipinski definition) is 2. The minimum Gasteiger partial charge on any atom is -0.453 e. The summed E-state index contributed by atoms with van der Waals surface area (Å²) < 4.78 is 5.92. The summed E-state index contributed by atoms with van der Waals surface area (Å²) in [6.45, 7) is 0. The lowest BCUT2D eigenvalue weighted by atomic mass is 9.93. The number of rotatable bonds is 0. The molecule has 0 radical (unpaired) electrons. The van der Waals surface area contributed by atoms with Crippen LogP contribution in [0.3, 0.4) is 0 Å².